The average molecular weight is 287 g/mol. The first-order valence-electron chi connectivity index (χ1n) is 5.99. The number of amides is 1. The zero-order valence-corrected chi connectivity index (χ0v) is 11.6. The number of aliphatic hydroxyl groups is 1. The van der Waals surface area contributed by atoms with Crippen molar-refractivity contribution < 1.29 is 14.6 Å². The Morgan fingerprint density at radius 1 is 1.58 bits per heavy atom. The van der Waals surface area contributed by atoms with Crippen molar-refractivity contribution in [3.05, 3.63) is 29.8 Å². The zero-order valence-electron chi connectivity index (χ0n) is 10.8. The van der Waals surface area contributed by atoms with Crippen LogP contribution in [0.5, 0.6) is 0 Å². The molecule has 106 valence electrons. The zero-order chi connectivity index (χ0) is 13.0. The van der Waals surface area contributed by atoms with E-state index in [4.69, 9.17) is 4.74 Å². The molecule has 1 aliphatic heterocycles. The lowest BCUT2D eigenvalue weighted by atomic mass is 10.1. The van der Waals surface area contributed by atoms with E-state index in [0.717, 1.165) is 11.3 Å². The van der Waals surface area contributed by atoms with Gasteiger partial charge in [0.15, 0.2) is 0 Å². The van der Waals surface area contributed by atoms with Crippen LogP contribution in [-0.2, 0) is 16.1 Å². The van der Waals surface area contributed by atoms with Gasteiger partial charge in [-0.15, -0.1) is 12.4 Å². The molecular formula is C13H19ClN2O3. The molecular weight excluding hydrogens is 268 g/mol. The molecule has 0 saturated carbocycles. The molecule has 0 radical (unpaired) electrons. The highest BCUT2D eigenvalue weighted by Gasteiger charge is 2.27. The largest absolute Gasteiger partial charge is 0.392 e. The molecule has 1 aromatic carbocycles. The van der Waals surface area contributed by atoms with Gasteiger partial charge in [0.1, 0.15) is 0 Å². The Balaban J connectivity index is 0.00000180. The SMILES string of the molecule is COCc1cccc(NC(=O)C2CC(O)CN2)c1.Cl. The van der Waals surface area contributed by atoms with Gasteiger partial charge in [-0.3, -0.25) is 4.79 Å². The fourth-order valence-electron chi connectivity index (χ4n) is 2.05. The van der Waals surface area contributed by atoms with E-state index in [0.29, 0.717) is 19.6 Å². The number of nitrogens with one attached hydrogen (secondary N) is 2. The summed E-state index contributed by atoms with van der Waals surface area (Å²) in [5.41, 5.74) is 1.76. The molecule has 1 saturated heterocycles. The molecule has 6 heteroatoms. The van der Waals surface area contributed by atoms with Gasteiger partial charge in [-0.25, -0.2) is 0 Å². The number of methoxy groups -OCH3 is 1. The summed E-state index contributed by atoms with van der Waals surface area (Å²) in [6.45, 7) is 0.992. The Hall–Kier alpha value is -1.14. The van der Waals surface area contributed by atoms with E-state index in [1.807, 2.05) is 24.3 Å². The van der Waals surface area contributed by atoms with Crippen LogP contribution in [0.2, 0.25) is 0 Å². The molecule has 2 atom stereocenters. The minimum absolute atomic E-state index is 0. The molecule has 1 heterocycles. The van der Waals surface area contributed by atoms with Crippen molar-refractivity contribution >= 4 is 24.0 Å². The number of carbonyl (C=O) groups is 1. The molecule has 0 aliphatic carbocycles. The van der Waals surface area contributed by atoms with Crippen molar-refractivity contribution in [1.29, 1.82) is 0 Å². The van der Waals surface area contributed by atoms with Crippen molar-refractivity contribution in [2.75, 3.05) is 19.0 Å². The first kappa shape index (κ1) is 15.9. The molecule has 1 amide bonds. The molecule has 1 fully saturated rings. The highest BCUT2D eigenvalue weighted by molar-refractivity contribution is 5.95. The lowest BCUT2D eigenvalue weighted by Gasteiger charge is -2.11. The van der Waals surface area contributed by atoms with Gasteiger partial charge in [0.25, 0.3) is 0 Å². The van der Waals surface area contributed by atoms with Crippen LogP contribution in [-0.4, -0.2) is 36.8 Å². The first-order valence-corrected chi connectivity index (χ1v) is 5.99. The predicted octanol–water partition coefficient (Wildman–Crippen LogP) is 0.916. The number of ether oxygens (including phenoxy) is 1. The van der Waals surface area contributed by atoms with Crippen molar-refractivity contribution in [3.63, 3.8) is 0 Å². The first-order chi connectivity index (χ1) is 8.69. The number of hydrogen-bond donors (Lipinski definition) is 3. The number of benzene rings is 1. The molecule has 1 aromatic rings. The molecule has 5 nitrogen and oxygen atoms in total. The highest BCUT2D eigenvalue weighted by Crippen LogP contribution is 2.14. The molecule has 2 rings (SSSR count). The summed E-state index contributed by atoms with van der Waals surface area (Å²) >= 11 is 0. The van der Waals surface area contributed by atoms with E-state index in [1.54, 1.807) is 7.11 Å². The summed E-state index contributed by atoms with van der Waals surface area (Å²) in [4.78, 5) is 11.9. The highest BCUT2D eigenvalue weighted by atomic mass is 35.5. The van der Waals surface area contributed by atoms with Crippen LogP contribution in [0.15, 0.2) is 24.3 Å². The smallest absolute Gasteiger partial charge is 0.241 e. The number of anilines is 1. The van der Waals surface area contributed by atoms with Gasteiger partial charge in [0.05, 0.1) is 18.8 Å². The summed E-state index contributed by atoms with van der Waals surface area (Å²) in [6, 6.07) is 7.22. The number of carbonyl (C=O) groups excluding carboxylic acids is 1. The second-order valence-electron chi connectivity index (χ2n) is 4.47. The topological polar surface area (TPSA) is 70.6 Å². The van der Waals surface area contributed by atoms with E-state index in [-0.39, 0.29) is 24.4 Å². The average Bonchev–Trinajstić information content (AvgIpc) is 2.77. The lowest BCUT2D eigenvalue weighted by molar-refractivity contribution is -0.117. The minimum atomic E-state index is -0.430. The quantitative estimate of drug-likeness (QED) is 0.770. The van der Waals surface area contributed by atoms with Crippen molar-refractivity contribution in [2.24, 2.45) is 0 Å². The van der Waals surface area contributed by atoms with Gasteiger partial charge < -0.3 is 20.5 Å². The summed E-state index contributed by atoms with van der Waals surface area (Å²) < 4.78 is 5.04. The van der Waals surface area contributed by atoms with Gasteiger partial charge in [0, 0.05) is 19.3 Å². The molecule has 0 aromatic heterocycles. The standard InChI is InChI=1S/C13H18N2O3.ClH/c1-18-8-9-3-2-4-10(5-9)15-13(17)12-6-11(16)7-14-12;/h2-5,11-12,14,16H,6-8H2,1H3,(H,15,17);1H. The summed E-state index contributed by atoms with van der Waals surface area (Å²) in [5.74, 6) is -0.110. The van der Waals surface area contributed by atoms with Crippen molar-refractivity contribution in [1.82, 2.24) is 5.32 Å². The van der Waals surface area contributed by atoms with Crippen LogP contribution in [0, 0.1) is 0 Å². The van der Waals surface area contributed by atoms with Crippen LogP contribution in [0.3, 0.4) is 0 Å². The fraction of sp³-hybridized carbons (Fsp3) is 0.462. The fourth-order valence-corrected chi connectivity index (χ4v) is 2.05. The van der Waals surface area contributed by atoms with E-state index in [1.165, 1.54) is 0 Å². The molecule has 19 heavy (non-hydrogen) atoms. The Morgan fingerprint density at radius 3 is 3.00 bits per heavy atom. The van der Waals surface area contributed by atoms with E-state index in [9.17, 15) is 9.90 Å². The van der Waals surface area contributed by atoms with Crippen molar-refractivity contribution in [2.45, 2.75) is 25.2 Å². The summed E-state index contributed by atoms with van der Waals surface area (Å²) in [7, 11) is 1.63. The van der Waals surface area contributed by atoms with Gasteiger partial charge in [-0.1, -0.05) is 12.1 Å². The second-order valence-corrected chi connectivity index (χ2v) is 4.47. The second kappa shape index (κ2) is 7.45. The Morgan fingerprint density at radius 2 is 2.37 bits per heavy atom. The number of aliphatic hydroxyl groups excluding tert-OH is 1. The predicted molar refractivity (Wildman–Crippen MR) is 75.4 cm³/mol. The lowest BCUT2D eigenvalue weighted by Crippen LogP contribution is -2.35. The normalized spacial score (nSPS) is 21.8. The van der Waals surface area contributed by atoms with Gasteiger partial charge >= 0.3 is 0 Å². The number of β-amino-alcohol motifs (C(OH)–C–C–N with tert-alkyl or cyclic N) is 1. The summed E-state index contributed by atoms with van der Waals surface area (Å²) in [6.07, 6.45) is 0.0319. The van der Waals surface area contributed by atoms with E-state index in [2.05, 4.69) is 10.6 Å². The molecule has 1 aliphatic rings. The Bertz CT molecular complexity index is 428. The van der Waals surface area contributed by atoms with Gasteiger partial charge in [0.2, 0.25) is 5.91 Å². The van der Waals surface area contributed by atoms with E-state index < -0.39 is 6.10 Å². The van der Waals surface area contributed by atoms with Gasteiger partial charge in [-0.05, 0) is 24.1 Å². The molecule has 3 N–H and O–H groups in total. The van der Waals surface area contributed by atoms with Crippen LogP contribution in [0.1, 0.15) is 12.0 Å². The maximum Gasteiger partial charge on any atom is 0.241 e. The van der Waals surface area contributed by atoms with Crippen LogP contribution in [0.4, 0.5) is 5.69 Å². The van der Waals surface area contributed by atoms with Crippen LogP contribution >= 0.6 is 12.4 Å². The molecule has 0 bridgehead atoms. The Labute approximate surface area is 118 Å². The Kier molecular flexibility index (Phi) is 6.24. The maximum atomic E-state index is 11.9. The van der Waals surface area contributed by atoms with Crippen LogP contribution in [0.25, 0.3) is 0 Å². The maximum absolute atomic E-state index is 11.9. The molecule has 0 spiro atoms. The molecule has 2 unspecified atom stereocenters. The van der Waals surface area contributed by atoms with Crippen molar-refractivity contribution in [3.8, 4) is 0 Å². The number of rotatable bonds is 4. The summed E-state index contributed by atoms with van der Waals surface area (Å²) in [5, 5.41) is 15.2. The van der Waals surface area contributed by atoms with Gasteiger partial charge in [-0.2, -0.15) is 0 Å². The third-order valence-electron chi connectivity index (χ3n) is 2.93. The van der Waals surface area contributed by atoms with Crippen LogP contribution < -0.4 is 10.6 Å². The monoisotopic (exact) mass is 286 g/mol. The minimum Gasteiger partial charge on any atom is -0.392 e. The third-order valence-corrected chi connectivity index (χ3v) is 2.93. The number of hydrogen-bond acceptors (Lipinski definition) is 4. The number of halogens is 1. The van der Waals surface area contributed by atoms with E-state index >= 15 is 0 Å². The third kappa shape index (κ3) is 4.47.